The van der Waals surface area contributed by atoms with E-state index in [-0.39, 0.29) is 12.1 Å². The maximum atomic E-state index is 12.2. The molecule has 1 atom stereocenters. The predicted octanol–water partition coefficient (Wildman–Crippen LogP) is 3.35. The number of anilines is 1. The molecule has 0 unspecified atom stereocenters. The quantitative estimate of drug-likeness (QED) is 0.920. The van der Waals surface area contributed by atoms with E-state index in [1.54, 1.807) is 4.90 Å². The van der Waals surface area contributed by atoms with Gasteiger partial charge in [0.05, 0.1) is 18.2 Å². The first-order chi connectivity index (χ1) is 9.83. The normalized spacial score (nSPS) is 18.8. The van der Waals surface area contributed by atoms with E-state index in [0.29, 0.717) is 19.7 Å². The van der Waals surface area contributed by atoms with E-state index in [2.05, 4.69) is 5.32 Å². The Bertz CT molecular complexity index is 557. The largest absolute Gasteiger partial charge is 0.370 e. The van der Waals surface area contributed by atoms with Gasteiger partial charge in [0.15, 0.2) is 0 Å². The van der Waals surface area contributed by atoms with E-state index in [4.69, 9.17) is 4.74 Å². The molecule has 5 heteroatoms. The molecule has 2 aromatic rings. The lowest BCUT2D eigenvalue weighted by Gasteiger charge is -2.33. The number of urea groups is 1. The number of rotatable bonds is 2. The minimum atomic E-state index is -0.0586. The molecule has 1 aliphatic rings. The van der Waals surface area contributed by atoms with Crippen molar-refractivity contribution in [3.63, 3.8) is 0 Å². The second-order valence-corrected chi connectivity index (χ2v) is 5.57. The molecule has 20 heavy (non-hydrogen) atoms. The Kier molecular flexibility index (Phi) is 3.99. The van der Waals surface area contributed by atoms with Crippen molar-refractivity contribution in [3.8, 4) is 0 Å². The van der Waals surface area contributed by atoms with Crippen molar-refractivity contribution in [2.45, 2.75) is 6.10 Å². The lowest BCUT2D eigenvalue weighted by molar-refractivity contribution is -0.0134. The minimum absolute atomic E-state index is 0.0426. The van der Waals surface area contributed by atoms with E-state index in [9.17, 15) is 4.79 Å². The lowest BCUT2D eigenvalue weighted by atomic mass is 10.1. The van der Waals surface area contributed by atoms with Crippen molar-refractivity contribution < 1.29 is 9.53 Å². The van der Waals surface area contributed by atoms with Crippen LogP contribution in [0.1, 0.15) is 11.7 Å². The van der Waals surface area contributed by atoms with E-state index >= 15 is 0 Å². The van der Waals surface area contributed by atoms with Gasteiger partial charge >= 0.3 is 6.03 Å². The number of hydrogen-bond donors (Lipinski definition) is 1. The Balaban J connectivity index is 1.64. The van der Waals surface area contributed by atoms with Gasteiger partial charge in [-0.25, -0.2) is 4.79 Å². The van der Waals surface area contributed by atoms with Gasteiger partial charge in [0.2, 0.25) is 0 Å². The summed E-state index contributed by atoms with van der Waals surface area (Å²) in [4.78, 5) is 14.0. The summed E-state index contributed by atoms with van der Waals surface area (Å²) >= 11 is 1.52. The summed E-state index contributed by atoms with van der Waals surface area (Å²) in [5, 5.41) is 5.73. The van der Waals surface area contributed by atoms with Gasteiger partial charge in [-0.3, -0.25) is 5.32 Å². The fourth-order valence-electron chi connectivity index (χ4n) is 2.24. The summed E-state index contributed by atoms with van der Waals surface area (Å²) in [5.74, 6) is 0. The van der Waals surface area contributed by atoms with Crippen LogP contribution in [0.25, 0.3) is 0 Å². The van der Waals surface area contributed by atoms with Gasteiger partial charge < -0.3 is 9.64 Å². The number of nitrogens with one attached hydrogen (secondary N) is 1. The van der Waals surface area contributed by atoms with Gasteiger partial charge in [-0.2, -0.15) is 0 Å². The van der Waals surface area contributed by atoms with Crippen molar-refractivity contribution >= 4 is 22.4 Å². The van der Waals surface area contributed by atoms with Crippen molar-refractivity contribution in [3.05, 3.63) is 53.4 Å². The molecule has 104 valence electrons. The molecule has 1 aromatic carbocycles. The molecule has 2 amide bonds. The molecule has 1 N–H and O–H groups in total. The SMILES string of the molecule is O=C(Nc1cccs1)N1CCO[C@H](c2ccccc2)C1. The molecule has 1 aliphatic heterocycles. The summed E-state index contributed by atoms with van der Waals surface area (Å²) in [5.41, 5.74) is 1.11. The van der Waals surface area contributed by atoms with Crippen molar-refractivity contribution in [2.75, 3.05) is 25.0 Å². The molecule has 1 fully saturated rings. The average Bonchev–Trinajstić information content (AvgIpc) is 3.01. The van der Waals surface area contributed by atoms with Crippen LogP contribution < -0.4 is 5.32 Å². The average molecular weight is 288 g/mol. The molecule has 0 aliphatic carbocycles. The standard InChI is InChI=1S/C15H16N2O2S/c18-15(16-14-7-4-10-20-14)17-8-9-19-13(11-17)12-5-2-1-3-6-12/h1-7,10,13H,8-9,11H2,(H,16,18)/t13-/m0/s1. The molecule has 1 saturated heterocycles. The molecule has 0 spiro atoms. The van der Waals surface area contributed by atoms with E-state index in [1.807, 2.05) is 47.8 Å². The number of nitrogens with zero attached hydrogens (tertiary/aromatic N) is 1. The first kappa shape index (κ1) is 13.1. The fraction of sp³-hybridized carbons (Fsp3) is 0.267. The van der Waals surface area contributed by atoms with Crippen LogP contribution in [0, 0.1) is 0 Å². The zero-order valence-electron chi connectivity index (χ0n) is 11.0. The Morgan fingerprint density at radius 1 is 1.25 bits per heavy atom. The molecular weight excluding hydrogens is 272 g/mol. The van der Waals surface area contributed by atoms with Crippen LogP contribution in [-0.4, -0.2) is 30.6 Å². The van der Waals surface area contributed by atoms with Crippen molar-refractivity contribution in [2.24, 2.45) is 0 Å². The number of benzene rings is 1. The summed E-state index contributed by atoms with van der Waals surface area (Å²) in [7, 11) is 0. The third-order valence-corrected chi connectivity index (χ3v) is 4.06. The summed E-state index contributed by atoms with van der Waals surface area (Å²) in [6, 6.07) is 13.8. The van der Waals surface area contributed by atoms with Gasteiger partial charge in [0.25, 0.3) is 0 Å². The summed E-state index contributed by atoms with van der Waals surface area (Å²) in [6.07, 6.45) is -0.0426. The number of ether oxygens (including phenoxy) is 1. The molecule has 0 bridgehead atoms. The fourth-order valence-corrected chi connectivity index (χ4v) is 2.84. The summed E-state index contributed by atoms with van der Waals surface area (Å²) in [6.45, 7) is 1.78. The second-order valence-electron chi connectivity index (χ2n) is 4.62. The molecular formula is C15H16N2O2S. The second kappa shape index (κ2) is 6.07. The van der Waals surface area contributed by atoms with Crippen LogP contribution in [-0.2, 0) is 4.74 Å². The molecule has 4 nitrogen and oxygen atoms in total. The third-order valence-electron chi connectivity index (χ3n) is 3.28. The van der Waals surface area contributed by atoms with E-state index in [0.717, 1.165) is 10.6 Å². The lowest BCUT2D eigenvalue weighted by Crippen LogP contribution is -2.44. The van der Waals surface area contributed by atoms with Gasteiger partial charge in [-0.1, -0.05) is 30.3 Å². The first-order valence-electron chi connectivity index (χ1n) is 6.59. The Morgan fingerprint density at radius 3 is 2.85 bits per heavy atom. The zero-order valence-corrected chi connectivity index (χ0v) is 11.8. The van der Waals surface area contributed by atoms with Crippen molar-refractivity contribution in [1.82, 2.24) is 4.90 Å². The van der Waals surface area contributed by atoms with Gasteiger partial charge in [-0.15, -0.1) is 11.3 Å². The minimum Gasteiger partial charge on any atom is -0.370 e. The smallest absolute Gasteiger partial charge is 0.322 e. The van der Waals surface area contributed by atoms with E-state index < -0.39 is 0 Å². The maximum absolute atomic E-state index is 12.2. The summed E-state index contributed by atoms with van der Waals surface area (Å²) < 4.78 is 5.76. The molecule has 0 saturated carbocycles. The number of carbonyl (C=O) groups excluding carboxylic acids is 1. The van der Waals surface area contributed by atoms with Gasteiger partial charge in [0.1, 0.15) is 6.10 Å². The topological polar surface area (TPSA) is 41.6 Å². The highest BCUT2D eigenvalue weighted by molar-refractivity contribution is 7.14. The highest BCUT2D eigenvalue weighted by atomic mass is 32.1. The molecule has 3 rings (SSSR count). The van der Waals surface area contributed by atoms with Gasteiger partial charge in [0, 0.05) is 6.54 Å². The zero-order chi connectivity index (χ0) is 13.8. The first-order valence-corrected chi connectivity index (χ1v) is 7.47. The molecule has 2 heterocycles. The molecule has 0 radical (unpaired) electrons. The van der Waals surface area contributed by atoms with Crippen LogP contribution in [0.15, 0.2) is 47.8 Å². The van der Waals surface area contributed by atoms with Gasteiger partial charge in [-0.05, 0) is 23.1 Å². The number of amides is 2. The number of thiophene rings is 1. The highest BCUT2D eigenvalue weighted by Gasteiger charge is 2.25. The van der Waals surface area contributed by atoms with Crippen LogP contribution in [0.3, 0.4) is 0 Å². The Labute approximate surface area is 122 Å². The number of hydrogen-bond acceptors (Lipinski definition) is 3. The highest BCUT2D eigenvalue weighted by Crippen LogP contribution is 2.23. The van der Waals surface area contributed by atoms with E-state index in [1.165, 1.54) is 11.3 Å². The number of morpholine rings is 1. The van der Waals surface area contributed by atoms with Crippen molar-refractivity contribution in [1.29, 1.82) is 0 Å². The van der Waals surface area contributed by atoms with Crippen LogP contribution in [0.5, 0.6) is 0 Å². The molecule has 1 aromatic heterocycles. The van der Waals surface area contributed by atoms with Crippen LogP contribution >= 0.6 is 11.3 Å². The maximum Gasteiger partial charge on any atom is 0.322 e. The monoisotopic (exact) mass is 288 g/mol. The third kappa shape index (κ3) is 3.00. The predicted molar refractivity (Wildman–Crippen MR) is 80.0 cm³/mol. The van der Waals surface area contributed by atoms with Crippen LogP contribution in [0.4, 0.5) is 9.80 Å². The van der Waals surface area contributed by atoms with Crippen LogP contribution in [0.2, 0.25) is 0 Å². The number of carbonyl (C=O) groups is 1. The Hall–Kier alpha value is -1.85. The Morgan fingerprint density at radius 2 is 2.10 bits per heavy atom.